The third-order valence-corrected chi connectivity index (χ3v) is 23.4. The number of ketones is 4. The van der Waals surface area contributed by atoms with Crippen LogP contribution in [0.5, 0.6) is 0 Å². The molecule has 0 bridgehead atoms. The third-order valence-electron chi connectivity index (χ3n) is 20.7. The quantitative estimate of drug-likeness (QED) is 0.00378. The number of terminal acetylenes is 1. The number of H-pyrrole nitrogens is 1. The van der Waals surface area contributed by atoms with Gasteiger partial charge in [-0.2, -0.15) is 0 Å². The minimum atomic E-state index is -0.939. The second-order valence-electron chi connectivity index (χ2n) is 35.5. The highest BCUT2D eigenvalue weighted by atomic mass is 79.9. The van der Waals surface area contributed by atoms with Crippen molar-refractivity contribution in [2.75, 3.05) is 37.5 Å². The smallest absolute Gasteiger partial charge is 0.407 e. The van der Waals surface area contributed by atoms with Crippen LogP contribution in [0.4, 0.5) is 69.7 Å². The molecule has 0 aliphatic heterocycles. The van der Waals surface area contributed by atoms with Crippen LogP contribution >= 0.6 is 63.7 Å². The van der Waals surface area contributed by atoms with E-state index in [-0.39, 0.29) is 158 Å². The predicted octanol–water partition coefficient (Wildman–Crippen LogP) is 21.5. The molecule has 3 heterocycles. The van der Waals surface area contributed by atoms with E-state index in [9.17, 15) is 111 Å². The van der Waals surface area contributed by atoms with Gasteiger partial charge >= 0.3 is 36.2 Å². The number of Topliss-reactive ketones (excluding diaryl/α,β-unsaturated/α-hetero) is 4. The van der Waals surface area contributed by atoms with Crippen LogP contribution in [0.2, 0.25) is 0 Å². The lowest BCUT2D eigenvalue weighted by atomic mass is 9.86. The number of fused-ring (bicyclic) bond motifs is 3. The number of halogens is 14. The Labute approximate surface area is 864 Å². The molecule has 145 heavy (non-hydrogen) atoms. The van der Waals surface area contributed by atoms with Gasteiger partial charge in [0, 0.05) is 105 Å². The van der Waals surface area contributed by atoms with Gasteiger partial charge in [-0.3, -0.25) is 33.6 Å². The maximum Gasteiger partial charge on any atom is 0.407 e. The Hall–Kier alpha value is -12.5. The van der Waals surface area contributed by atoms with Crippen LogP contribution in [-0.2, 0) is 71.2 Å². The van der Waals surface area contributed by atoms with Gasteiger partial charge in [0.25, 0.3) is 0 Å². The number of carbonyl (C=O) groups excluding carboxylic acids is 11. The monoisotopic (exact) mass is 2290 g/mol. The molecule has 3 fully saturated rings. The number of nitrogens with two attached hydrogens (primary N) is 1. The van der Waals surface area contributed by atoms with Gasteiger partial charge in [0.1, 0.15) is 81.5 Å². The van der Waals surface area contributed by atoms with Crippen molar-refractivity contribution in [3.63, 3.8) is 0 Å². The minimum absolute atomic E-state index is 0.0265. The number of hydrogen-bond donors (Lipinski definition) is 6. The summed E-state index contributed by atoms with van der Waals surface area (Å²) in [6.45, 7) is 28.8. The van der Waals surface area contributed by atoms with Gasteiger partial charge in [-0.25, -0.2) is 72.7 Å². The maximum absolute atomic E-state index is 14.7. The summed E-state index contributed by atoms with van der Waals surface area (Å²) in [5.41, 5.74) is 0.0218. The number of rotatable bonds is 18. The molecule has 3 saturated carbocycles. The summed E-state index contributed by atoms with van der Waals surface area (Å²) in [5, 5.41) is 10.4. The van der Waals surface area contributed by atoms with E-state index in [0.717, 1.165) is 88.4 Å². The summed E-state index contributed by atoms with van der Waals surface area (Å²) in [7, 11) is 2.98. The van der Waals surface area contributed by atoms with Gasteiger partial charge in [0.15, 0.2) is 40.3 Å². The highest BCUT2D eigenvalue weighted by Crippen LogP contribution is 2.33. The molecule has 0 saturated heterocycles. The second-order valence-corrected chi connectivity index (χ2v) is 38.8. The fraction of sp³-hybridized carbons (Fsp3) is 0.431. The molecule has 3 aromatic heterocycles. The van der Waals surface area contributed by atoms with Crippen molar-refractivity contribution in [3.05, 3.63) is 214 Å². The normalized spacial score (nSPS) is 15.7. The molecule has 0 unspecified atom stereocenters. The summed E-state index contributed by atoms with van der Waals surface area (Å²) in [4.78, 5) is 165. The van der Waals surface area contributed by atoms with Crippen LogP contribution < -0.4 is 43.3 Å². The SMILES string of the molecule is C#CC1CCC(NC(=O)OC(C)(C)C)CC1.CC(=O)c1c[nH]c2c(F)cc(F)c(Br)c2c1=O.CC(=O)c1cn(C)c2c(F)cc(F)c(Br)c2c1=O.CC(=O)c1cn(C)c2c(F)cc(F)c(C#CC3CCC(NC(=O)OC(C)(C)C)CC3)c2c1=O.CC(C)(C)OC(=O)NC1CCC(C=O)CC1.CCO/C=C(/C(C)=O)C(=O)OCC.CCOC(=O)C(=CNc1cc(Br)c(F)cc1F)C(=O)OCC.Nc1cc(Br)c(F)cc1F. The van der Waals surface area contributed by atoms with Gasteiger partial charge in [-0.15, -0.1) is 12.3 Å². The van der Waals surface area contributed by atoms with E-state index in [1.165, 1.54) is 69.4 Å². The Morgan fingerprint density at radius 3 is 1.24 bits per heavy atom. The van der Waals surface area contributed by atoms with E-state index in [2.05, 4.69) is 112 Å². The van der Waals surface area contributed by atoms with Gasteiger partial charge in [-0.1, -0.05) is 11.8 Å². The molecular weight excluding hydrogens is 2180 g/mol. The minimum Gasteiger partial charge on any atom is -0.500 e. The van der Waals surface area contributed by atoms with Crippen LogP contribution in [0, 0.1) is 100 Å². The maximum atomic E-state index is 14.7. The fourth-order valence-corrected chi connectivity index (χ4v) is 15.4. The number of nitrogens with one attached hydrogen (secondary N) is 5. The first-order valence-electron chi connectivity index (χ1n) is 45.3. The van der Waals surface area contributed by atoms with Gasteiger partial charge < -0.3 is 79.1 Å². The third kappa shape index (κ3) is 39.4. The highest BCUT2D eigenvalue weighted by Gasteiger charge is 2.31. The zero-order chi connectivity index (χ0) is 110. The number of aryl methyl sites for hydroxylation is 2. The summed E-state index contributed by atoms with van der Waals surface area (Å²) in [5.74, 6) is -3.56. The topological polar surface area (TPSA) is 403 Å². The number of ether oxygens (including phenoxy) is 7. The molecule has 5 aromatic carbocycles. The number of aromatic amines is 1. The molecule has 3 aliphatic rings. The number of nitrogens with zero attached hydrogens (tertiary/aromatic N) is 2. The molecule has 29 nitrogen and oxygen atoms in total. The van der Waals surface area contributed by atoms with Gasteiger partial charge in [0.2, 0.25) is 16.3 Å². The van der Waals surface area contributed by atoms with Crippen LogP contribution in [-0.4, -0.2) is 141 Å². The second kappa shape index (κ2) is 58.0. The molecule has 11 rings (SSSR count). The Kier molecular flexibility index (Phi) is 49.9. The number of hydrogen-bond acceptors (Lipinski definition) is 23. The van der Waals surface area contributed by atoms with Crippen molar-refractivity contribution in [2.24, 2.45) is 31.8 Å². The first-order chi connectivity index (χ1) is 67.6. The first kappa shape index (κ1) is 125. The Balaban J connectivity index is 0.000000354. The predicted molar refractivity (Wildman–Crippen MR) is 540 cm³/mol. The van der Waals surface area contributed by atoms with Crippen LogP contribution in [0.25, 0.3) is 32.7 Å². The van der Waals surface area contributed by atoms with Crippen LogP contribution in [0.15, 0.2) is 117 Å². The number of aromatic nitrogens is 3. The summed E-state index contributed by atoms with van der Waals surface area (Å²) >= 11 is 11.6. The van der Waals surface area contributed by atoms with E-state index < -0.39 is 138 Å². The molecule has 43 heteroatoms. The van der Waals surface area contributed by atoms with Crippen molar-refractivity contribution in [1.82, 2.24) is 30.1 Å². The molecule has 3 aliphatic carbocycles. The number of benzene rings is 5. The number of alkyl carbamates (subject to hydrolysis) is 3. The zero-order valence-corrected chi connectivity index (χ0v) is 89.5. The van der Waals surface area contributed by atoms with E-state index in [4.69, 9.17) is 40.6 Å². The highest BCUT2D eigenvalue weighted by molar-refractivity contribution is 9.11. The van der Waals surface area contributed by atoms with Crippen molar-refractivity contribution < 1.29 is 130 Å². The van der Waals surface area contributed by atoms with E-state index in [1.54, 1.807) is 48.5 Å². The zero-order valence-electron chi connectivity index (χ0n) is 83.2. The van der Waals surface area contributed by atoms with Crippen molar-refractivity contribution in [2.45, 2.75) is 230 Å². The van der Waals surface area contributed by atoms with Crippen LogP contribution in [0.3, 0.4) is 0 Å². The number of amides is 3. The van der Waals surface area contributed by atoms with Gasteiger partial charge in [-0.05, 0) is 271 Å². The van der Waals surface area contributed by atoms with Gasteiger partial charge in [0.05, 0.1) is 111 Å². The summed E-state index contributed by atoms with van der Waals surface area (Å²) < 4.78 is 172. The molecule has 0 atom stereocenters. The van der Waals surface area contributed by atoms with E-state index in [0.29, 0.717) is 62.5 Å². The molecule has 3 amide bonds. The lowest BCUT2D eigenvalue weighted by molar-refractivity contribution is -0.147. The first-order valence-corrected chi connectivity index (χ1v) is 48.4. The lowest BCUT2D eigenvalue weighted by Crippen LogP contribution is -2.41. The summed E-state index contributed by atoms with van der Waals surface area (Å²) in [6.07, 6.45) is 21.0. The summed E-state index contributed by atoms with van der Waals surface area (Å²) in [6, 6.07) is 6.13. The number of esters is 3. The average molecular weight is 2300 g/mol. The van der Waals surface area contributed by atoms with Crippen molar-refractivity contribution in [3.8, 4) is 24.2 Å². The van der Waals surface area contributed by atoms with Crippen molar-refractivity contribution >= 4 is 173 Å². The van der Waals surface area contributed by atoms with E-state index >= 15 is 0 Å². The largest absolute Gasteiger partial charge is 0.500 e. The van der Waals surface area contributed by atoms with E-state index in [1.807, 2.05) is 41.5 Å². The number of pyridine rings is 3. The number of nitrogen functional groups attached to an aromatic ring is 1. The fourth-order valence-electron chi connectivity index (χ4n) is 13.8. The standard InChI is InChI=1S/C25H28F2N2O4.C14H14BrF2NO4.C13H21NO2.C12H8BrF2NO2.C12H21NO3.C11H6BrF2NO2.C9H14O4.C6H4BrF2N/c1-14(30)18-13-29(5)22-20(27)12-19(26)17(21(22)23(18)31)11-8-15-6-9-16(10-7-15)28-24(32)33-25(2,3)4;1-3-21-13(19)8(14(20)22-4-2)7-18-12-5-9(15)10(16)6-11(12)17;1-5-10-6-8-11(9-7-10)14-12(15)16-13(2,3)4;1-5(17)6-4-16(2)11-8(15)3-7(14)10(13)9(11)12(6)18;1-12(2,3)16-11(15)13-10-6-4-9(8-14)5-7-10;1-4(16)5-3-15-10-7(14)2-6(13)9(12)8(10)11(5)17;1-4-12-6-8(7(3)10)9(11)13-5-2;7-3-1-6(10)5(9)2-4(3)8/h12-13,15-16H,6-7,9-10H2,1-5H3,(H,28,32);5-7,18H,3-4H2,1-2H3;1,10-11H,6-9H2,2-4H3,(H,14,15);3-4H,1-2H3;8-10H,4-7H2,1-3H3,(H,13,15);2-3H,1H3,(H,15,17);6H,4-5H2,1-3H3;1-2H,10H2/b;;;;;;8-6-;. The number of carbonyl (C=O) groups is 11. The van der Waals surface area contributed by atoms with Crippen molar-refractivity contribution in [1.29, 1.82) is 0 Å². The van der Waals surface area contributed by atoms with Crippen LogP contribution in [0.1, 0.15) is 231 Å². The molecular formula is C102H116Br4F10N8O21. The Morgan fingerprint density at radius 2 is 0.841 bits per heavy atom. The lowest BCUT2D eigenvalue weighted by Gasteiger charge is -2.28. The number of aldehydes is 1. The molecule has 7 N–H and O–H groups in total. The number of anilines is 2. The molecule has 0 radical (unpaired) electrons. The Bertz CT molecular complexity index is 6380. The molecule has 788 valence electrons. The Morgan fingerprint density at radius 1 is 0.469 bits per heavy atom. The molecule has 0 spiro atoms. The molecule has 8 aromatic rings. The average Bonchev–Trinajstić information content (AvgIpc) is 0.758.